The molecule has 3 aromatic carbocycles. The lowest BCUT2D eigenvalue weighted by molar-refractivity contribution is 0.0696. The predicted molar refractivity (Wildman–Crippen MR) is 85.1 cm³/mol. The average Bonchev–Trinajstić information content (AvgIpc) is 2.51. The lowest BCUT2D eigenvalue weighted by atomic mass is 10.1. The van der Waals surface area contributed by atoms with E-state index in [2.05, 4.69) is 15.9 Å². The molecular formula is C17H11BrO3. The van der Waals surface area contributed by atoms with Gasteiger partial charge in [0.2, 0.25) is 0 Å². The lowest BCUT2D eigenvalue weighted by Crippen LogP contribution is -1.96. The fourth-order valence-corrected chi connectivity index (χ4v) is 2.69. The largest absolute Gasteiger partial charge is 0.478 e. The van der Waals surface area contributed by atoms with Crippen LogP contribution in [-0.2, 0) is 0 Å². The van der Waals surface area contributed by atoms with Crippen LogP contribution in [0.15, 0.2) is 65.1 Å². The Kier molecular flexibility index (Phi) is 3.62. The molecule has 0 heterocycles. The second-order valence-electron chi connectivity index (χ2n) is 4.53. The van der Waals surface area contributed by atoms with E-state index in [1.165, 1.54) is 12.1 Å². The molecule has 3 aromatic rings. The number of benzene rings is 3. The van der Waals surface area contributed by atoms with Gasteiger partial charge in [0, 0.05) is 0 Å². The first-order chi connectivity index (χ1) is 10.1. The van der Waals surface area contributed by atoms with Crippen molar-refractivity contribution in [1.29, 1.82) is 0 Å². The van der Waals surface area contributed by atoms with E-state index in [4.69, 9.17) is 9.84 Å². The van der Waals surface area contributed by atoms with Crippen molar-refractivity contribution in [2.45, 2.75) is 0 Å². The summed E-state index contributed by atoms with van der Waals surface area (Å²) >= 11 is 3.55. The third-order valence-electron chi connectivity index (χ3n) is 3.14. The number of carbonyl (C=O) groups is 1. The molecule has 0 unspecified atom stereocenters. The van der Waals surface area contributed by atoms with Gasteiger partial charge < -0.3 is 9.84 Å². The summed E-state index contributed by atoms with van der Waals surface area (Å²) in [6.45, 7) is 0. The van der Waals surface area contributed by atoms with Crippen LogP contribution >= 0.6 is 15.9 Å². The van der Waals surface area contributed by atoms with Gasteiger partial charge in [-0.05, 0) is 51.0 Å². The SMILES string of the molecule is O=C(O)c1cccc(Oc2ccc3ccccc3c2Br)c1. The zero-order valence-corrected chi connectivity index (χ0v) is 12.5. The van der Waals surface area contributed by atoms with E-state index >= 15 is 0 Å². The van der Waals surface area contributed by atoms with Crippen LogP contribution in [0.3, 0.4) is 0 Å². The summed E-state index contributed by atoms with van der Waals surface area (Å²) in [4.78, 5) is 11.0. The van der Waals surface area contributed by atoms with Crippen molar-refractivity contribution in [1.82, 2.24) is 0 Å². The molecule has 0 atom stereocenters. The van der Waals surface area contributed by atoms with Crippen LogP contribution in [0, 0.1) is 0 Å². The second-order valence-corrected chi connectivity index (χ2v) is 5.33. The number of aromatic carboxylic acids is 1. The van der Waals surface area contributed by atoms with Gasteiger partial charge in [-0.2, -0.15) is 0 Å². The maximum Gasteiger partial charge on any atom is 0.335 e. The molecule has 104 valence electrons. The third kappa shape index (κ3) is 2.76. The van der Waals surface area contributed by atoms with Crippen molar-refractivity contribution in [2.24, 2.45) is 0 Å². The Morgan fingerprint density at radius 1 is 1.00 bits per heavy atom. The molecule has 0 aliphatic carbocycles. The summed E-state index contributed by atoms with van der Waals surface area (Å²) in [6, 6.07) is 18.2. The second kappa shape index (κ2) is 5.58. The van der Waals surface area contributed by atoms with E-state index in [1.54, 1.807) is 12.1 Å². The van der Waals surface area contributed by atoms with Crippen LogP contribution in [-0.4, -0.2) is 11.1 Å². The van der Waals surface area contributed by atoms with Crippen LogP contribution in [0.4, 0.5) is 0 Å². The van der Waals surface area contributed by atoms with Crippen molar-refractivity contribution >= 4 is 32.7 Å². The van der Waals surface area contributed by atoms with Crippen molar-refractivity contribution in [2.75, 3.05) is 0 Å². The van der Waals surface area contributed by atoms with Crippen LogP contribution in [0.2, 0.25) is 0 Å². The maximum absolute atomic E-state index is 11.0. The van der Waals surface area contributed by atoms with Crippen molar-refractivity contribution < 1.29 is 14.6 Å². The first-order valence-corrected chi connectivity index (χ1v) is 7.13. The number of ether oxygens (including phenoxy) is 1. The standard InChI is InChI=1S/C17H11BrO3/c18-16-14-7-2-1-4-11(14)8-9-15(16)21-13-6-3-5-12(10-13)17(19)20/h1-10H,(H,19,20). The van der Waals surface area contributed by atoms with Crippen molar-refractivity contribution in [3.63, 3.8) is 0 Å². The number of carboxylic acid groups (broad SMARTS) is 1. The smallest absolute Gasteiger partial charge is 0.335 e. The zero-order chi connectivity index (χ0) is 14.8. The highest BCUT2D eigenvalue weighted by molar-refractivity contribution is 9.10. The Labute approximate surface area is 129 Å². The van der Waals surface area contributed by atoms with E-state index in [1.807, 2.05) is 36.4 Å². The van der Waals surface area contributed by atoms with Gasteiger partial charge in [0.05, 0.1) is 10.0 Å². The molecule has 0 fully saturated rings. The Hall–Kier alpha value is -2.33. The normalized spacial score (nSPS) is 10.5. The molecule has 0 amide bonds. The molecule has 21 heavy (non-hydrogen) atoms. The van der Waals surface area contributed by atoms with Gasteiger partial charge in [-0.15, -0.1) is 0 Å². The monoisotopic (exact) mass is 342 g/mol. The first kappa shape index (κ1) is 13.6. The molecule has 4 heteroatoms. The van der Waals surface area contributed by atoms with Gasteiger partial charge in [0.1, 0.15) is 11.5 Å². The summed E-state index contributed by atoms with van der Waals surface area (Å²) in [6.07, 6.45) is 0. The maximum atomic E-state index is 11.0. The van der Waals surface area contributed by atoms with E-state index in [0.29, 0.717) is 11.5 Å². The zero-order valence-electron chi connectivity index (χ0n) is 10.9. The molecular weight excluding hydrogens is 332 g/mol. The highest BCUT2D eigenvalue weighted by atomic mass is 79.9. The molecule has 0 radical (unpaired) electrons. The van der Waals surface area contributed by atoms with Gasteiger partial charge in [-0.3, -0.25) is 0 Å². The van der Waals surface area contributed by atoms with Crippen LogP contribution in [0.5, 0.6) is 11.5 Å². The van der Waals surface area contributed by atoms with E-state index in [0.717, 1.165) is 15.2 Å². The minimum absolute atomic E-state index is 0.199. The minimum atomic E-state index is -0.974. The quantitative estimate of drug-likeness (QED) is 0.720. The molecule has 0 spiro atoms. The number of fused-ring (bicyclic) bond motifs is 1. The Morgan fingerprint density at radius 3 is 2.62 bits per heavy atom. The number of hydrogen-bond acceptors (Lipinski definition) is 2. The van der Waals surface area contributed by atoms with Crippen LogP contribution in [0.1, 0.15) is 10.4 Å². The van der Waals surface area contributed by atoms with Gasteiger partial charge >= 0.3 is 5.97 Å². The number of halogens is 1. The molecule has 3 nitrogen and oxygen atoms in total. The van der Waals surface area contributed by atoms with E-state index < -0.39 is 5.97 Å². The molecule has 0 saturated carbocycles. The minimum Gasteiger partial charge on any atom is -0.478 e. The summed E-state index contributed by atoms with van der Waals surface area (Å²) in [5.74, 6) is 0.167. The molecule has 3 rings (SSSR count). The van der Waals surface area contributed by atoms with Crippen molar-refractivity contribution in [3.8, 4) is 11.5 Å². The van der Waals surface area contributed by atoms with Gasteiger partial charge in [-0.25, -0.2) is 4.79 Å². The van der Waals surface area contributed by atoms with E-state index in [-0.39, 0.29) is 5.56 Å². The fourth-order valence-electron chi connectivity index (χ4n) is 2.11. The van der Waals surface area contributed by atoms with Crippen LogP contribution in [0.25, 0.3) is 10.8 Å². The molecule has 0 saturated heterocycles. The average molecular weight is 343 g/mol. The van der Waals surface area contributed by atoms with Gasteiger partial charge in [0.15, 0.2) is 0 Å². The summed E-state index contributed by atoms with van der Waals surface area (Å²) in [7, 11) is 0. The van der Waals surface area contributed by atoms with Gasteiger partial charge in [0.25, 0.3) is 0 Å². The number of rotatable bonds is 3. The third-order valence-corrected chi connectivity index (χ3v) is 3.95. The number of carboxylic acids is 1. The molecule has 0 aromatic heterocycles. The topological polar surface area (TPSA) is 46.5 Å². The molecule has 0 bridgehead atoms. The van der Waals surface area contributed by atoms with Crippen LogP contribution < -0.4 is 4.74 Å². The molecule has 0 aliphatic heterocycles. The Morgan fingerprint density at radius 2 is 1.81 bits per heavy atom. The fraction of sp³-hybridized carbons (Fsp3) is 0. The molecule has 1 N–H and O–H groups in total. The Balaban J connectivity index is 2.00. The number of hydrogen-bond donors (Lipinski definition) is 1. The highest BCUT2D eigenvalue weighted by Crippen LogP contribution is 2.35. The summed E-state index contributed by atoms with van der Waals surface area (Å²) in [5.41, 5.74) is 0.199. The van der Waals surface area contributed by atoms with Crippen molar-refractivity contribution in [3.05, 3.63) is 70.7 Å². The summed E-state index contributed by atoms with van der Waals surface area (Å²) < 4.78 is 6.65. The lowest BCUT2D eigenvalue weighted by Gasteiger charge is -2.10. The predicted octanol–water partition coefficient (Wildman–Crippen LogP) is 5.09. The first-order valence-electron chi connectivity index (χ1n) is 6.33. The Bertz CT molecular complexity index is 827. The highest BCUT2D eigenvalue weighted by Gasteiger charge is 2.09. The van der Waals surface area contributed by atoms with E-state index in [9.17, 15) is 4.79 Å². The summed E-state index contributed by atoms with van der Waals surface area (Å²) in [5, 5.41) is 11.2. The van der Waals surface area contributed by atoms with Gasteiger partial charge in [-0.1, -0.05) is 36.4 Å². The molecule has 0 aliphatic rings.